The molecule has 1 amide bonds. The van der Waals surface area contributed by atoms with Crippen LogP contribution in [-0.4, -0.2) is 25.7 Å². The minimum absolute atomic E-state index is 0.102. The lowest BCUT2D eigenvalue weighted by atomic mass is 10.0. The summed E-state index contributed by atoms with van der Waals surface area (Å²) in [7, 11) is 0. The van der Waals surface area contributed by atoms with Crippen molar-refractivity contribution in [2.24, 2.45) is 0 Å². The van der Waals surface area contributed by atoms with Gasteiger partial charge in [-0.2, -0.15) is 0 Å². The van der Waals surface area contributed by atoms with Gasteiger partial charge in [0.25, 0.3) is 0 Å². The molecule has 0 aliphatic heterocycles. The second-order valence-corrected chi connectivity index (χ2v) is 6.41. The van der Waals surface area contributed by atoms with Gasteiger partial charge in [-0.3, -0.25) is 4.79 Å². The second kappa shape index (κ2) is 7.48. The lowest BCUT2D eigenvalue weighted by Gasteiger charge is -2.10. The number of hydrogen-bond acceptors (Lipinski definition) is 5. The number of aromatic nitrogens is 4. The molecule has 0 saturated heterocycles. The first-order chi connectivity index (χ1) is 13.6. The zero-order valence-corrected chi connectivity index (χ0v) is 15.6. The highest BCUT2D eigenvalue weighted by molar-refractivity contribution is 5.89. The number of benzene rings is 2. The number of carbonyl (C=O) groups is 1. The molecule has 7 nitrogen and oxygen atoms in total. The van der Waals surface area contributed by atoms with Crippen LogP contribution in [0.3, 0.4) is 0 Å². The van der Waals surface area contributed by atoms with E-state index in [0.717, 1.165) is 28.2 Å². The van der Waals surface area contributed by atoms with Crippen LogP contribution >= 0.6 is 0 Å². The summed E-state index contributed by atoms with van der Waals surface area (Å²) in [4.78, 5) is 15.9. The van der Waals surface area contributed by atoms with Crippen molar-refractivity contribution >= 4 is 11.6 Å². The van der Waals surface area contributed by atoms with Gasteiger partial charge in [0.1, 0.15) is 6.54 Å². The molecule has 0 spiro atoms. The molecule has 4 aromatic rings. The van der Waals surface area contributed by atoms with E-state index in [1.807, 2.05) is 59.2 Å². The summed E-state index contributed by atoms with van der Waals surface area (Å²) < 4.78 is 7.53. The number of rotatable bonds is 5. The highest BCUT2D eigenvalue weighted by atomic mass is 16.4. The monoisotopic (exact) mass is 373 g/mol. The molecule has 0 aliphatic carbocycles. The lowest BCUT2D eigenvalue weighted by Crippen LogP contribution is -2.05. The molecule has 2 aromatic heterocycles. The molecule has 4 rings (SSSR count). The Bertz CT molecular complexity index is 1100. The molecule has 0 saturated carbocycles. The summed E-state index contributed by atoms with van der Waals surface area (Å²) in [5.41, 5.74) is 4.54. The largest absolute Gasteiger partial charge is 0.424 e. The third-order valence-electron chi connectivity index (χ3n) is 4.24. The van der Waals surface area contributed by atoms with Crippen molar-refractivity contribution in [3.8, 4) is 22.5 Å². The fourth-order valence-electron chi connectivity index (χ4n) is 3.07. The maximum absolute atomic E-state index is 11.3. The Labute approximate surface area is 162 Å². The molecule has 2 heterocycles. The van der Waals surface area contributed by atoms with Crippen LogP contribution in [0.4, 0.5) is 5.69 Å². The van der Waals surface area contributed by atoms with Crippen molar-refractivity contribution < 1.29 is 9.21 Å². The third kappa shape index (κ3) is 3.68. The molecule has 0 aliphatic rings. The van der Waals surface area contributed by atoms with Gasteiger partial charge in [0, 0.05) is 30.7 Å². The number of anilines is 1. The fraction of sp³-hybridized carbons (Fsp3) is 0.143. The van der Waals surface area contributed by atoms with Gasteiger partial charge in [-0.15, -0.1) is 10.2 Å². The first kappa shape index (κ1) is 17.7. The Morgan fingerprint density at radius 3 is 2.43 bits per heavy atom. The molecule has 140 valence electrons. The molecule has 0 fully saturated rings. The van der Waals surface area contributed by atoms with E-state index in [9.17, 15) is 4.79 Å². The van der Waals surface area contributed by atoms with Gasteiger partial charge in [-0.25, -0.2) is 4.98 Å². The van der Waals surface area contributed by atoms with Gasteiger partial charge in [-0.05, 0) is 12.1 Å². The SMILES string of the molecule is CC(=O)Nc1ccc(-c2c(-c3ccccc3)ncn2Cc2nnc(C)o2)cc1. The van der Waals surface area contributed by atoms with E-state index in [1.165, 1.54) is 6.92 Å². The first-order valence-corrected chi connectivity index (χ1v) is 8.88. The number of aryl methyl sites for hydroxylation is 1. The molecule has 28 heavy (non-hydrogen) atoms. The fourth-order valence-corrected chi connectivity index (χ4v) is 3.07. The maximum Gasteiger partial charge on any atom is 0.236 e. The van der Waals surface area contributed by atoms with Crippen LogP contribution in [0.5, 0.6) is 0 Å². The molecular formula is C21H19N5O2. The van der Waals surface area contributed by atoms with E-state index in [1.54, 1.807) is 13.3 Å². The zero-order chi connectivity index (χ0) is 19.5. The Morgan fingerprint density at radius 1 is 1.04 bits per heavy atom. The van der Waals surface area contributed by atoms with Crippen LogP contribution in [0.2, 0.25) is 0 Å². The van der Waals surface area contributed by atoms with E-state index in [4.69, 9.17) is 4.42 Å². The van der Waals surface area contributed by atoms with Crippen LogP contribution < -0.4 is 5.32 Å². The number of amides is 1. The Morgan fingerprint density at radius 2 is 1.79 bits per heavy atom. The van der Waals surface area contributed by atoms with Crippen molar-refractivity contribution in [3.63, 3.8) is 0 Å². The molecule has 0 radical (unpaired) electrons. The zero-order valence-electron chi connectivity index (χ0n) is 15.6. The van der Waals surface area contributed by atoms with Gasteiger partial charge in [0.2, 0.25) is 17.7 Å². The van der Waals surface area contributed by atoms with Crippen molar-refractivity contribution in [2.75, 3.05) is 5.32 Å². The van der Waals surface area contributed by atoms with Gasteiger partial charge in [0.15, 0.2) is 0 Å². The first-order valence-electron chi connectivity index (χ1n) is 8.88. The molecular weight excluding hydrogens is 354 g/mol. The summed E-state index contributed by atoms with van der Waals surface area (Å²) in [6.45, 7) is 3.67. The highest BCUT2D eigenvalue weighted by Crippen LogP contribution is 2.32. The Balaban J connectivity index is 1.78. The van der Waals surface area contributed by atoms with Gasteiger partial charge in [-0.1, -0.05) is 42.5 Å². The number of carbonyl (C=O) groups excluding carboxylic acids is 1. The predicted octanol–water partition coefficient (Wildman–Crippen LogP) is 3.92. The van der Waals surface area contributed by atoms with Crippen LogP contribution in [0.25, 0.3) is 22.5 Å². The Hall–Kier alpha value is -3.74. The smallest absolute Gasteiger partial charge is 0.236 e. The van der Waals surface area contributed by atoms with E-state index in [2.05, 4.69) is 20.5 Å². The summed E-state index contributed by atoms with van der Waals surface area (Å²) in [5.74, 6) is 0.944. The number of nitrogens with one attached hydrogen (secondary N) is 1. The molecule has 1 N–H and O–H groups in total. The van der Waals surface area contributed by atoms with E-state index < -0.39 is 0 Å². The molecule has 0 bridgehead atoms. The molecule has 2 aromatic carbocycles. The molecule has 0 unspecified atom stereocenters. The van der Waals surface area contributed by atoms with Crippen LogP contribution in [-0.2, 0) is 11.3 Å². The van der Waals surface area contributed by atoms with Crippen LogP contribution in [0.15, 0.2) is 65.3 Å². The van der Waals surface area contributed by atoms with Gasteiger partial charge >= 0.3 is 0 Å². The topological polar surface area (TPSA) is 85.8 Å². The molecule has 7 heteroatoms. The van der Waals surface area contributed by atoms with E-state index in [0.29, 0.717) is 18.3 Å². The quantitative estimate of drug-likeness (QED) is 0.573. The van der Waals surface area contributed by atoms with Gasteiger partial charge < -0.3 is 14.3 Å². The van der Waals surface area contributed by atoms with Crippen molar-refractivity contribution in [1.82, 2.24) is 19.7 Å². The lowest BCUT2D eigenvalue weighted by molar-refractivity contribution is -0.114. The highest BCUT2D eigenvalue weighted by Gasteiger charge is 2.17. The van der Waals surface area contributed by atoms with Crippen LogP contribution in [0.1, 0.15) is 18.7 Å². The normalized spacial score (nSPS) is 10.8. The van der Waals surface area contributed by atoms with Gasteiger partial charge in [0.05, 0.1) is 17.7 Å². The standard InChI is InChI=1S/C21H19N5O2/c1-14(27)23-18-10-8-17(9-11-18)21-20(16-6-4-3-5-7-16)22-13-26(21)12-19-25-24-15(2)28-19/h3-11,13H,12H2,1-2H3,(H,23,27). The number of imidazole rings is 1. The predicted molar refractivity (Wildman–Crippen MR) is 106 cm³/mol. The summed E-state index contributed by atoms with van der Waals surface area (Å²) in [5, 5.41) is 10.8. The second-order valence-electron chi connectivity index (χ2n) is 6.41. The summed E-state index contributed by atoms with van der Waals surface area (Å²) in [6.07, 6.45) is 1.78. The van der Waals surface area contributed by atoms with Crippen molar-refractivity contribution in [2.45, 2.75) is 20.4 Å². The minimum Gasteiger partial charge on any atom is -0.424 e. The number of nitrogens with zero attached hydrogens (tertiary/aromatic N) is 4. The average molecular weight is 373 g/mol. The summed E-state index contributed by atoms with van der Waals surface area (Å²) >= 11 is 0. The third-order valence-corrected chi connectivity index (χ3v) is 4.24. The summed E-state index contributed by atoms with van der Waals surface area (Å²) in [6, 6.07) is 17.7. The number of hydrogen-bond donors (Lipinski definition) is 1. The van der Waals surface area contributed by atoms with Crippen molar-refractivity contribution in [1.29, 1.82) is 0 Å². The minimum atomic E-state index is -0.102. The van der Waals surface area contributed by atoms with Crippen LogP contribution in [0, 0.1) is 6.92 Å². The van der Waals surface area contributed by atoms with E-state index >= 15 is 0 Å². The molecule has 0 atom stereocenters. The average Bonchev–Trinajstić information content (AvgIpc) is 3.29. The van der Waals surface area contributed by atoms with Crippen molar-refractivity contribution in [3.05, 3.63) is 72.7 Å². The van der Waals surface area contributed by atoms with E-state index in [-0.39, 0.29) is 5.91 Å². The Kier molecular flexibility index (Phi) is 4.72. The maximum atomic E-state index is 11.3.